The van der Waals surface area contributed by atoms with E-state index in [1.165, 1.54) is 5.57 Å². The second kappa shape index (κ2) is 17.7. The molecule has 5 saturated heterocycles. The summed E-state index contributed by atoms with van der Waals surface area (Å²) in [6, 6.07) is 0. The molecule has 8 fully saturated rings. The van der Waals surface area contributed by atoms with Crippen molar-refractivity contribution in [2.24, 2.45) is 40.4 Å². The molecule has 5 heterocycles. The van der Waals surface area contributed by atoms with Crippen molar-refractivity contribution in [3.63, 3.8) is 0 Å². The molecule has 5 aliphatic heterocycles. The minimum atomic E-state index is -1.90. The highest BCUT2D eigenvalue weighted by Gasteiger charge is 2.74. The highest BCUT2D eigenvalue weighted by atomic mass is 16.8. The van der Waals surface area contributed by atoms with E-state index in [-0.39, 0.29) is 40.6 Å². The maximum atomic E-state index is 12.9. The minimum absolute atomic E-state index is 0.0529. The third-order valence-electron chi connectivity index (χ3n) is 17.9. The number of aliphatic hydroxyl groups excluding tert-OH is 10. The zero-order valence-electron chi connectivity index (χ0n) is 37.2. The lowest BCUT2D eigenvalue weighted by atomic mass is 9.45. The van der Waals surface area contributed by atoms with Crippen LogP contribution in [0.4, 0.5) is 0 Å². The van der Waals surface area contributed by atoms with Gasteiger partial charge in [0.05, 0.1) is 44.2 Å². The normalized spacial score (nSPS) is 57.4. The lowest BCUT2D eigenvalue weighted by Crippen LogP contribution is -2.67. The van der Waals surface area contributed by atoms with Crippen LogP contribution < -0.4 is 0 Å². The first-order valence-electron chi connectivity index (χ1n) is 23.6. The van der Waals surface area contributed by atoms with Gasteiger partial charge >= 0.3 is 0 Å². The van der Waals surface area contributed by atoms with Gasteiger partial charge in [-0.2, -0.15) is 0 Å². The number of allylic oxidation sites excluding steroid dienone is 1. The molecule has 0 radical (unpaired) electrons. The summed E-state index contributed by atoms with van der Waals surface area (Å²) in [5, 5.41) is 119. The van der Waals surface area contributed by atoms with Crippen molar-refractivity contribution in [3.8, 4) is 0 Å². The van der Waals surface area contributed by atoms with Gasteiger partial charge in [-0.3, -0.25) is 0 Å². The van der Waals surface area contributed by atoms with Crippen molar-refractivity contribution < 1.29 is 94.1 Å². The molecule has 0 bridgehead atoms. The monoisotopic (exact) mass is 916 g/mol. The summed E-state index contributed by atoms with van der Waals surface area (Å²) in [6.45, 7) is 7.49. The molecule has 366 valence electrons. The molecule has 0 amide bonds. The smallest absolute Gasteiger partial charge is 0.187 e. The molecular weight excluding hydrogens is 844 g/mol. The van der Waals surface area contributed by atoms with Gasteiger partial charge in [0.25, 0.3) is 0 Å². The van der Waals surface area contributed by atoms with E-state index in [2.05, 4.69) is 33.8 Å². The summed E-state index contributed by atoms with van der Waals surface area (Å²) in [5.74, 6) is 0.644. The van der Waals surface area contributed by atoms with E-state index < -0.39 is 129 Å². The van der Waals surface area contributed by atoms with Crippen LogP contribution >= 0.6 is 0 Å². The van der Waals surface area contributed by atoms with Gasteiger partial charge in [-0.05, 0) is 68.1 Å². The molecule has 19 heteroatoms. The average molecular weight is 917 g/mol. The molecule has 9 rings (SSSR count). The molecule has 0 aromatic rings. The van der Waals surface area contributed by atoms with Crippen molar-refractivity contribution in [3.05, 3.63) is 11.6 Å². The fourth-order valence-electron chi connectivity index (χ4n) is 14.0. The highest BCUT2D eigenvalue weighted by Crippen LogP contribution is 2.72. The Hall–Kier alpha value is -1.02. The first-order valence-corrected chi connectivity index (χ1v) is 23.6. The van der Waals surface area contributed by atoms with Crippen LogP contribution in [0.15, 0.2) is 11.6 Å². The lowest BCUT2D eigenvalue weighted by molar-refractivity contribution is -0.390. The van der Waals surface area contributed by atoms with Gasteiger partial charge in [0, 0.05) is 30.1 Å². The molecule has 19 nitrogen and oxygen atoms in total. The first kappa shape index (κ1) is 48.0. The second-order valence-electron chi connectivity index (χ2n) is 21.2. The van der Waals surface area contributed by atoms with Gasteiger partial charge in [0.15, 0.2) is 24.7 Å². The summed E-state index contributed by atoms with van der Waals surface area (Å²) in [6.07, 6.45) is -16.1. The van der Waals surface area contributed by atoms with E-state index >= 15 is 0 Å². The largest absolute Gasteiger partial charge is 0.394 e. The highest BCUT2D eigenvalue weighted by molar-refractivity contribution is 5.29. The summed E-state index contributed by atoms with van der Waals surface area (Å²) in [5.41, 5.74) is -0.154. The van der Waals surface area contributed by atoms with Gasteiger partial charge < -0.3 is 94.1 Å². The van der Waals surface area contributed by atoms with Crippen LogP contribution in [0.3, 0.4) is 0 Å². The summed E-state index contributed by atoms with van der Waals surface area (Å²) in [4.78, 5) is 0. The molecule has 3 saturated carbocycles. The summed E-state index contributed by atoms with van der Waals surface area (Å²) >= 11 is 0. The third-order valence-corrected chi connectivity index (χ3v) is 17.9. The van der Waals surface area contributed by atoms with Crippen LogP contribution in [0.1, 0.15) is 85.5 Å². The molecule has 11 N–H and O–H groups in total. The molecule has 0 aromatic heterocycles. The van der Waals surface area contributed by atoms with Gasteiger partial charge in [0.1, 0.15) is 73.2 Å². The standard InChI is InChI=1S/C45H72O19/c1-19-7-12-45(57-18-19)20(2)29-25(64-45)14-44(56)24-6-5-21-13-22(8-10-42(21,3)23(24)9-11-43(29,44)4)58-39-36(55)34(53)37(28(17-48)61-39)62-41-38(33(52)31(50)27(16-47)60-41)63-40-35(54)32(51)30(49)26(15-46)59-40/h5,19-20,22-41,46-56H,6-18H2,1-4H3/t19-,20-,22-,23-,24+,25-,26+,27+,28+,29-,30+,31+,32-,33-,34+,35+,36+,37-,38+,39+,40-,41-,42-,43+,44+,45+/m0/s1. The van der Waals surface area contributed by atoms with Crippen molar-refractivity contribution in [2.75, 3.05) is 26.4 Å². The quantitative estimate of drug-likeness (QED) is 0.115. The number of hydrogen-bond acceptors (Lipinski definition) is 19. The molecule has 4 aliphatic carbocycles. The Morgan fingerprint density at radius 1 is 0.656 bits per heavy atom. The van der Waals surface area contributed by atoms with E-state index in [0.717, 1.165) is 38.5 Å². The van der Waals surface area contributed by atoms with Crippen LogP contribution in [0.2, 0.25) is 0 Å². The number of aliphatic hydroxyl groups is 11. The van der Waals surface area contributed by atoms with E-state index in [1.54, 1.807) is 0 Å². The van der Waals surface area contributed by atoms with Gasteiger partial charge in [-0.15, -0.1) is 0 Å². The molecule has 0 unspecified atom stereocenters. The van der Waals surface area contributed by atoms with Crippen molar-refractivity contribution in [1.82, 2.24) is 0 Å². The van der Waals surface area contributed by atoms with Crippen LogP contribution in [-0.2, 0) is 37.9 Å². The minimum Gasteiger partial charge on any atom is -0.394 e. The Bertz CT molecular complexity index is 1680. The van der Waals surface area contributed by atoms with E-state index in [4.69, 9.17) is 37.9 Å². The Morgan fingerprint density at radius 2 is 1.27 bits per heavy atom. The molecule has 0 aromatic carbocycles. The molecular formula is C45H72O19. The lowest BCUT2D eigenvalue weighted by Gasteiger charge is -2.62. The fraction of sp³-hybridized carbons (Fsp3) is 0.956. The summed E-state index contributed by atoms with van der Waals surface area (Å²) in [7, 11) is 0. The van der Waals surface area contributed by atoms with Crippen LogP contribution in [0.5, 0.6) is 0 Å². The zero-order chi connectivity index (χ0) is 45.8. The van der Waals surface area contributed by atoms with Gasteiger partial charge in [-0.25, -0.2) is 0 Å². The van der Waals surface area contributed by atoms with Crippen LogP contribution in [0, 0.1) is 40.4 Å². The topological polar surface area (TPSA) is 296 Å². The maximum Gasteiger partial charge on any atom is 0.187 e. The predicted octanol–water partition coefficient (Wildman–Crippen LogP) is -1.70. The Labute approximate surface area is 373 Å². The number of fused-ring (bicyclic) bond motifs is 7. The second-order valence-corrected chi connectivity index (χ2v) is 21.2. The number of ether oxygens (including phenoxy) is 8. The zero-order valence-corrected chi connectivity index (χ0v) is 37.2. The van der Waals surface area contributed by atoms with E-state index in [1.807, 2.05) is 0 Å². The van der Waals surface area contributed by atoms with Crippen LogP contribution in [0.25, 0.3) is 0 Å². The summed E-state index contributed by atoms with van der Waals surface area (Å²) < 4.78 is 48.7. The number of rotatable bonds is 9. The van der Waals surface area contributed by atoms with Crippen LogP contribution in [-0.4, -0.2) is 198 Å². The molecule has 1 spiro atoms. The van der Waals surface area contributed by atoms with Gasteiger partial charge in [0.2, 0.25) is 0 Å². The molecule has 64 heavy (non-hydrogen) atoms. The molecule has 26 atom stereocenters. The predicted molar refractivity (Wildman–Crippen MR) is 217 cm³/mol. The Balaban J connectivity index is 0.859. The third kappa shape index (κ3) is 7.50. The Kier molecular flexibility index (Phi) is 13.3. The van der Waals surface area contributed by atoms with Gasteiger partial charge in [-0.1, -0.05) is 39.3 Å². The van der Waals surface area contributed by atoms with Crippen molar-refractivity contribution in [1.29, 1.82) is 0 Å². The van der Waals surface area contributed by atoms with E-state index in [9.17, 15) is 56.2 Å². The fourth-order valence-corrected chi connectivity index (χ4v) is 14.0. The Morgan fingerprint density at radius 3 is 1.94 bits per heavy atom. The van der Waals surface area contributed by atoms with Crippen molar-refractivity contribution in [2.45, 2.75) is 201 Å². The first-order chi connectivity index (χ1) is 30.3. The average Bonchev–Trinajstić information content (AvgIpc) is 3.68. The SMILES string of the molecule is C[C@H]1CC[C@@]2(OC1)O[C@H]1C[C@@]3(O)[C@@H]4CC=C5C[C@@H](O[C@@H]6O[C@H](CO)[C@H](O[C@@H]7O[C@H](CO)[C@@H](O)[C@H](O)[C@H]7O[C@@H]7O[C@H](CO)[C@@H](O)[C@H](O)[C@H]7O)[C@H](O)[C@H]6O)CC[C@]5(C)[C@H]4CC[C@]3(C)[C@H]1[C@@H]2C. The van der Waals surface area contributed by atoms with E-state index in [0.29, 0.717) is 31.8 Å². The maximum absolute atomic E-state index is 12.9. The molecule has 9 aliphatic rings. The number of hydrogen-bond donors (Lipinski definition) is 11. The van der Waals surface area contributed by atoms with Crippen molar-refractivity contribution >= 4 is 0 Å².